The first-order valence-electron chi connectivity index (χ1n) is 11.1. The van der Waals surface area contributed by atoms with E-state index in [-0.39, 0.29) is 31.0 Å². The molecule has 0 aromatic heterocycles. The Hall–Kier alpha value is -3.95. The van der Waals surface area contributed by atoms with Gasteiger partial charge < -0.3 is 34.6 Å². The van der Waals surface area contributed by atoms with Gasteiger partial charge in [-0.1, -0.05) is 18.2 Å². The van der Waals surface area contributed by atoms with Crippen LogP contribution >= 0.6 is 0 Å². The van der Waals surface area contributed by atoms with Crippen molar-refractivity contribution in [1.29, 1.82) is 0 Å². The van der Waals surface area contributed by atoms with E-state index < -0.39 is 6.10 Å². The van der Waals surface area contributed by atoms with Crippen LogP contribution in [0.4, 0.5) is 10.5 Å². The van der Waals surface area contributed by atoms with Crippen LogP contribution in [0.1, 0.15) is 5.56 Å². The van der Waals surface area contributed by atoms with Gasteiger partial charge in [0.1, 0.15) is 12.4 Å². The van der Waals surface area contributed by atoms with Crippen molar-refractivity contribution >= 4 is 23.5 Å². The van der Waals surface area contributed by atoms with Crippen molar-refractivity contribution in [2.45, 2.75) is 13.0 Å². The summed E-state index contributed by atoms with van der Waals surface area (Å²) >= 11 is 0. The van der Waals surface area contributed by atoms with Crippen molar-refractivity contribution in [3.63, 3.8) is 0 Å². The minimum Gasteiger partial charge on any atom is -0.495 e. The maximum Gasteiger partial charge on any atom is 0.317 e. The van der Waals surface area contributed by atoms with Crippen molar-refractivity contribution in [2.75, 3.05) is 51.8 Å². The standard InChI is InChI=1S/C24H28N4O6/c1-16-7-8-18(32-2)17(13-16)26-22(29)14-25-24(31)28-11-9-27(10-12-28)23(30)21-15-33-19-5-3-4-6-20(19)34-21/h3-8,13,21H,9-12,14-15H2,1-2H3,(H,25,31)(H,26,29)/t21-/m1/s1. The minimum absolute atomic E-state index is 0.150. The third-order valence-corrected chi connectivity index (χ3v) is 5.69. The van der Waals surface area contributed by atoms with E-state index in [0.29, 0.717) is 49.1 Å². The number of aryl methyl sites for hydroxylation is 1. The Morgan fingerprint density at radius 1 is 1.03 bits per heavy atom. The summed E-state index contributed by atoms with van der Waals surface area (Å²) in [5.74, 6) is 1.19. The number of nitrogens with zero attached hydrogens (tertiary/aromatic N) is 2. The zero-order valence-electron chi connectivity index (χ0n) is 19.2. The second kappa shape index (κ2) is 10.3. The highest BCUT2D eigenvalue weighted by atomic mass is 16.6. The smallest absolute Gasteiger partial charge is 0.317 e. The van der Waals surface area contributed by atoms with Gasteiger partial charge >= 0.3 is 6.03 Å². The summed E-state index contributed by atoms with van der Waals surface area (Å²) in [6.07, 6.45) is -0.711. The van der Waals surface area contributed by atoms with E-state index in [1.807, 2.05) is 25.1 Å². The van der Waals surface area contributed by atoms with Crippen molar-refractivity contribution in [3.8, 4) is 17.2 Å². The second-order valence-corrected chi connectivity index (χ2v) is 8.09. The van der Waals surface area contributed by atoms with Crippen LogP contribution in [-0.2, 0) is 9.59 Å². The number of hydrogen-bond acceptors (Lipinski definition) is 6. The number of fused-ring (bicyclic) bond motifs is 1. The van der Waals surface area contributed by atoms with Crippen molar-refractivity contribution < 1.29 is 28.6 Å². The number of rotatable bonds is 5. The molecule has 2 aromatic rings. The van der Waals surface area contributed by atoms with Crippen molar-refractivity contribution in [3.05, 3.63) is 48.0 Å². The first-order valence-corrected chi connectivity index (χ1v) is 11.1. The maximum absolute atomic E-state index is 12.8. The Labute approximate surface area is 197 Å². The fourth-order valence-corrected chi connectivity index (χ4v) is 3.86. The molecule has 2 heterocycles. The molecule has 34 heavy (non-hydrogen) atoms. The largest absolute Gasteiger partial charge is 0.495 e. The van der Waals surface area contributed by atoms with E-state index in [4.69, 9.17) is 14.2 Å². The Kier molecular flexibility index (Phi) is 7.05. The molecule has 2 N–H and O–H groups in total. The van der Waals surface area contributed by atoms with Crippen LogP contribution in [0.5, 0.6) is 17.2 Å². The number of nitrogens with one attached hydrogen (secondary N) is 2. The Balaban J connectivity index is 1.22. The summed E-state index contributed by atoms with van der Waals surface area (Å²) in [4.78, 5) is 40.9. The number of piperazine rings is 1. The average Bonchev–Trinajstić information content (AvgIpc) is 2.87. The van der Waals surface area contributed by atoms with Crippen LogP contribution in [0.3, 0.4) is 0 Å². The molecule has 2 aromatic carbocycles. The summed E-state index contributed by atoms with van der Waals surface area (Å²) in [6, 6.07) is 12.3. The van der Waals surface area contributed by atoms with Gasteiger partial charge in [0.05, 0.1) is 19.3 Å². The fraction of sp³-hybridized carbons (Fsp3) is 0.375. The topological polar surface area (TPSA) is 109 Å². The summed E-state index contributed by atoms with van der Waals surface area (Å²) in [7, 11) is 1.53. The first kappa shape index (κ1) is 23.2. The summed E-state index contributed by atoms with van der Waals surface area (Å²) in [6.45, 7) is 3.34. The molecule has 0 radical (unpaired) electrons. The molecule has 1 saturated heterocycles. The van der Waals surface area contributed by atoms with E-state index in [0.717, 1.165) is 5.56 Å². The molecular weight excluding hydrogens is 440 g/mol. The molecule has 2 aliphatic rings. The van der Waals surface area contributed by atoms with Gasteiger partial charge in [-0.3, -0.25) is 9.59 Å². The predicted octanol–water partition coefficient (Wildman–Crippen LogP) is 1.64. The zero-order chi connectivity index (χ0) is 24.1. The quantitative estimate of drug-likeness (QED) is 0.691. The normalized spacial score (nSPS) is 17.1. The van der Waals surface area contributed by atoms with Gasteiger partial charge in [-0.2, -0.15) is 0 Å². The molecule has 4 rings (SSSR count). The number of hydrogen-bond donors (Lipinski definition) is 2. The van der Waals surface area contributed by atoms with E-state index in [2.05, 4.69) is 10.6 Å². The minimum atomic E-state index is -0.711. The molecule has 0 spiro atoms. The molecule has 1 atom stereocenters. The van der Waals surface area contributed by atoms with Gasteiger partial charge in [0.15, 0.2) is 11.5 Å². The summed E-state index contributed by atoms with van der Waals surface area (Å²) in [5.41, 5.74) is 1.52. The molecule has 0 saturated carbocycles. The number of methoxy groups -OCH3 is 1. The molecule has 180 valence electrons. The molecule has 0 unspecified atom stereocenters. The van der Waals surface area contributed by atoms with Gasteiger partial charge in [-0.25, -0.2) is 4.79 Å². The lowest BCUT2D eigenvalue weighted by molar-refractivity contribution is -0.142. The number of para-hydroxylation sites is 2. The first-order chi connectivity index (χ1) is 16.4. The highest BCUT2D eigenvalue weighted by Crippen LogP contribution is 2.31. The zero-order valence-corrected chi connectivity index (χ0v) is 19.2. The third kappa shape index (κ3) is 5.33. The molecule has 4 amide bonds. The number of urea groups is 1. The lowest BCUT2D eigenvalue weighted by Crippen LogP contribution is -2.56. The molecule has 10 heteroatoms. The van der Waals surface area contributed by atoms with Gasteiger partial charge in [0.2, 0.25) is 12.0 Å². The van der Waals surface area contributed by atoms with Crippen LogP contribution in [0.15, 0.2) is 42.5 Å². The average molecular weight is 469 g/mol. The Morgan fingerprint density at radius 3 is 2.47 bits per heavy atom. The number of carbonyl (C=O) groups excluding carboxylic acids is 3. The highest BCUT2D eigenvalue weighted by molar-refractivity contribution is 5.95. The summed E-state index contributed by atoms with van der Waals surface area (Å²) < 4.78 is 16.7. The number of anilines is 1. The number of benzene rings is 2. The molecule has 10 nitrogen and oxygen atoms in total. The lowest BCUT2D eigenvalue weighted by atomic mass is 10.2. The molecule has 0 bridgehead atoms. The van der Waals surface area contributed by atoms with Crippen LogP contribution in [0, 0.1) is 6.92 Å². The number of ether oxygens (including phenoxy) is 3. The van der Waals surface area contributed by atoms with Gasteiger partial charge in [0, 0.05) is 26.2 Å². The van der Waals surface area contributed by atoms with Crippen LogP contribution in [-0.4, -0.2) is 80.2 Å². The highest BCUT2D eigenvalue weighted by Gasteiger charge is 2.33. The predicted molar refractivity (Wildman–Crippen MR) is 124 cm³/mol. The fourth-order valence-electron chi connectivity index (χ4n) is 3.86. The van der Waals surface area contributed by atoms with Gasteiger partial charge in [0.25, 0.3) is 5.91 Å². The SMILES string of the molecule is COc1ccc(C)cc1NC(=O)CNC(=O)N1CCN(C(=O)[C@H]2COc3ccccc3O2)CC1. The second-order valence-electron chi connectivity index (χ2n) is 8.09. The van der Waals surface area contributed by atoms with E-state index >= 15 is 0 Å². The van der Waals surface area contributed by atoms with Gasteiger partial charge in [-0.15, -0.1) is 0 Å². The number of amides is 4. The monoisotopic (exact) mass is 468 g/mol. The van der Waals surface area contributed by atoms with E-state index in [1.165, 1.54) is 7.11 Å². The van der Waals surface area contributed by atoms with Gasteiger partial charge in [-0.05, 0) is 36.8 Å². The van der Waals surface area contributed by atoms with Crippen molar-refractivity contribution in [2.24, 2.45) is 0 Å². The molecule has 2 aliphatic heterocycles. The van der Waals surface area contributed by atoms with Crippen LogP contribution in [0.2, 0.25) is 0 Å². The lowest BCUT2D eigenvalue weighted by Gasteiger charge is -2.37. The molecule has 1 fully saturated rings. The number of carbonyl (C=O) groups is 3. The van der Waals surface area contributed by atoms with Crippen LogP contribution < -0.4 is 24.8 Å². The van der Waals surface area contributed by atoms with E-state index in [1.54, 1.807) is 34.1 Å². The third-order valence-electron chi connectivity index (χ3n) is 5.69. The Morgan fingerprint density at radius 2 is 1.74 bits per heavy atom. The summed E-state index contributed by atoms with van der Waals surface area (Å²) in [5, 5.41) is 5.38. The van der Waals surface area contributed by atoms with E-state index in [9.17, 15) is 14.4 Å². The van der Waals surface area contributed by atoms with Crippen molar-refractivity contribution in [1.82, 2.24) is 15.1 Å². The molecule has 0 aliphatic carbocycles. The Bertz CT molecular complexity index is 1070. The molecular formula is C24H28N4O6. The van der Waals surface area contributed by atoms with Crippen LogP contribution in [0.25, 0.3) is 0 Å². The maximum atomic E-state index is 12.8.